The van der Waals surface area contributed by atoms with Gasteiger partial charge in [0.15, 0.2) is 5.65 Å². The van der Waals surface area contributed by atoms with Crippen LogP contribution in [0.5, 0.6) is 0 Å². The van der Waals surface area contributed by atoms with Crippen molar-refractivity contribution in [2.45, 2.75) is 0 Å². The van der Waals surface area contributed by atoms with Crippen LogP contribution in [0.1, 0.15) is 10.4 Å². The predicted octanol–water partition coefficient (Wildman–Crippen LogP) is 2.36. The van der Waals surface area contributed by atoms with Crippen LogP contribution in [0.2, 0.25) is 0 Å². The molecule has 3 aromatic heterocycles. The highest BCUT2D eigenvalue weighted by atomic mass is 19.1. The normalized spacial score (nSPS) is 14.4. The number of hydrogen-bond acceptors (Lipinski definition) is 4. The van der Waals surface area contributed by atoms with E-state index in [2.05, 4.69) is 26.0 Å². The maximum Gasteiger partial charge on any atom is 0.257 e. The molecule has 8 heteroatoms. The Morgan fingerprint density at radius 1 is 1.39 bits per heavy atom. The second-order valence-corrected chi connectivity index (χ2v) is 6.86. The van der Waals surface area contributed by atoms with Gasteiger partial charge in [0.05, 0.1) is 23.2 Å². The van der Waals surface area contributed by atoms with Crippen LogP contribution in [0, 0.1) is 24.1 Å². The van der Waals surface area contributed by atoms with Crippen molar-refractivity contribution in [3.63, 3.8) is 0 Å². The van der Waals surface area contributed by atoms with Crippen LogP contribution < -0.4 is 0 Å². The zero-order valence-corrected chi connectivity index (χ0v) is 15.0. The molecule has 4 heterocycles. The number of H-pyrrole nitrogens is 1. The van der Waals surface area contributed by atoms with Gasteiger partial charge >= 0.3 is 0 Å². The Bertz CT molecular complexity index is 1290. The van der Waals surface area contributed by atoms with Gasteiger partial charge in [-0.3, -0.25) is 9.48 Å². The van der Waals surface area contributed by atoms with Gasteiger partial charge in [0.25, 0.3) is 5.91 Å². The number of hydrogen-bond donors (Lipinski definition) is 1. The highest BCUT2D eigenvalue weighted by Crippen LogP contribution is 2.29. The lowest BCUT2D eigenvalue weighted by molar-refractivity contribution is 0.0581. The fourth-order valence-electron chi connectivity index (χ4n) is 3.51. The Morgan fingerprint density at radius 2 is 2.21 bits per heavy atom. The van der Waals surface area contributed by atoms with E-state index < -0.39 is 0 Å². The van der Waals surface area contributed by atoms with Gasteiger partial charge in [-0.25, -0.2) is 14.4 Å². The van der Waals surface area contributed by atoms with Crippen molar-refractivity contribution in [1.29, 1.82) is 0 Å². The fourth-order valence-corrected chi connectivity index (χ4v) is 3.51. The van der Waals surface area contributed by atoms with Crippen molar-refractivity contribution < 1.29 is 9.18 Å². The van der Waals surface area contributed by atoms with Crippen molar-refractivity contribution in [2.24, 2.45) is 13.0 Å². The number of aromatic amines is 1. The maximum absolute atomic E-state index is 13.6. The van der Waals surface area contributed by atoms with E-state index in [4.69, 9.17) is 6.42 Å². The molecule has 5 rings (SSSR count). The fraction of sp³-hybridized carbons (Fsp3) is 0.200. The monoisotopic (exact) mass is 374 g/mol. The van der Waals surface area contributed by atoms with Crippen LogP contribution in [-0.4, -0.2) is 48.6 Å². The summed E-state index contributed by atoms with van der Waals surface area (Å²) in [4.78, 5) is 26.5. The van der Waals surface area contributed by atoms with E-state index in [0.717, 1.165) is 5.39 Å². The molecular formula is C20H15FN6O. The van der Waals surface area contributed by atoms with E-state index in [0.29, 0.717) is 46.7 Å². The Balaban J connectivity index is 1.59. The minimum absolute atomic E-state index is 0.107. The third-order valence-corrected chi connectivity index (χ3v) is 5.07. The van der Waals surface area contributed by atoms with Crippen LogP contribution in [0.3, 0.4) is 0 Å². The van der Waals surface area contributed by atoms with Crippen molar-refractivity contribution in [2.75, 3.05) is 13.1 Å². The number of rotatable bonds is 2. The molecule has 1 N–H and O–H groups in total. The third kappa shape index (κ3) is 2.36. The van der Waals surface area contributed by atoms with E-state index >= 15 is 0 Å². The molecule has 1 aromatic carbocycles. The number of carbonyl (C=O) groups excluding carboxylic acids is 1. The number of carbonyl (C=O) groups is 1. The third-order valence-electron chi connectivity index (χ3n) is 5.07. The smallest absolute Gasteiger partial charge is 0.257 e. The van der Waals surface area contributed by atoms with Crippen molar-refractivity contribution in [3.05, 3.63) is 42.0 Å². The second kappa shape index (κ2) is 5.89. The largest absolute Gasteiger partial charge is 0.344 e. The van der Waals surface area contributed by atoms with Crippen molar-refractivity contribution in [3.8, 4) is 23.7 Å². The van der Waals surface area contributed by atoms with Crippen LogP contribution in [-0.2, 0) is 7.05 Å². The number of amides is 1. The Hall–Kier alpha value is -3.73. The molecule has 0 spiro atoms. The molecule has 1 amide bonds. The van der Waals surface area contributed by atoms with Gasteiger partial charge in [0.1, 0.15) is 22.7 Å². The number of fused-ring (bicyclic) bond motifs is 2. The Labute approximate surface area is 159 Å². The number of halogens is 1. The summed E-state index contributed by atoms with van der Waals surface area (Å²) in [7, 11) is 1.74. The van der Waals surface area contributed by atoms with Crippen LogP contribution >= 0.6 is 0 Å². The number of likely N-dealkylation sites (tertiary alicyclic amines) is 1. The summed E-state index contributed by atoms with van der Waals surface area (Å²) in [5, 5.41) is 5.23. The van der Waals surface area contributed by atoms with Crippen LogP contribution in [0.4, 0.5) is 4.39 Å². The standard InChI is InChI=1S/C20H15FN6O/c1-3-11-9-27(10-11)20(28)14-7-22-19-18(14)24-15(8-23-19)17-13-5-4-12(21)6-16(13)26(2)25-17/h1,4-8,11H,9-10H2,2H3,(H,22,23). The van der Waals surface area contributed by atoms with Gasteiger partial charge in [-0.2, -0.15) is 5.10 Å². The minimum atomic E-state index is -0.332. The average molecular weight is 374 g/mol. The van der Waals surface area contributed by atoms with Crippen LogP contribution in [0.25, 0.3) is 33.5 Å². The lowest BCUT2D eigenvalue weighted by Crippen LogP contribution is -2.49. The molecule has 1 saturated heterocycles. The second-order valence-electron chi connectivity index (χ2n) is 6.86. The first kappa shape index (κ1) is 16.4. The molecule has 0 bridgehead atoms. The molecule has 0 aliphatic carbocycles. The summed E-state index contributed by atoms with van der Waals surface area (Å²) in [6.07, 6.45) is 8.61. The zero-order valence-electron chi connectivity index (χ0n) is 15.0. The number of aryl methyl sites for hydroxylation is 1. The van der Waals surface area contributed by atoms with Gasteiger partial charge < -0.3 is 9.88 Å². The Morgan fingerprint density at radius 3 is 3.00 bits per heavy atom. The van der Waals surface area contributed by atoms with E-state index in [9.17, 15) is 9.18 Å². The summed E-state index contributed by atoms with van der Waals surface area (Å²) in [5.41, 5.74) is 3.21. The molecule has 1 fully saturated rings. The summed E-state index contributed by atoms with van der Waals surface area (Å²) < 4.78 is 15.2. The highest BCUT2D eigenvalue weighted by Gasteiger charge is 2.31. The van der Waals surface area contributed by atoms with E-state index in [1.807, 2.05) is 0 Å². The maximum atomic E-state index is 13.6. The number of terminal acetylenes is 1. The van der Waals surface area contributed by atoms with Crippen LogP contribution in [0.15, 0.2) is 30.6 Å². The molecule has 0 saturated carbocycles. The van der Waals surface area contributed by atoms with Gasteiger partial charge in [-0.05, 0) is 18.2 Å². The molecular weight excluding hydrogens is 359 g/mol. The van der Waals surface area contributed by atoms with Crippen molar-refractivity contribution in [1.82, 2.24) is 29.6 Å². The predicted molar refractivity (Wildman–Crippen MR) is 102 cm³/mol. The molecule has 0 radical (unpaired) electrons. The zero-order chi connectivity index (χ0) is 19.4. The first-order chi connectivity index (χ1) is 13.5. The SMILES string of the molecule is C#CC1CN(C(=O)c2c[nH]c3ncc(-c4nn(C)c5cc(F)ccc45)nc23)C1. The topological polar surface area (TPSA) is 79.7 Å². The van der Waals surface area contributed by atoms with E-state index in [-0.39, 0.29) is 17.6 Å². The lowest BCUT2D eigenvalue weighted by atomic mass is 10.0. The average Bonchev–Trinajstić information content (AvgIpc) is 3.21. The number of benzene rings is 1. The summed E-state index contributed by atoms with van der Waals surface area (Å²) in [5.74, 6) is 2.30. The summed E-state index contributed by atoms with van der Waals surface area (Å²) >= 11 is 0. The first-order valence-corrected chi connectivity index (χ1v) is 8.77. The number of nitrogens with zero attached hydrogens (tertiary/aromatic N) is 5. The lowest BCUT2D eigenvalue weighted by Gasteiger charge is -2.36. The van der Waals surface area contributed by atoms with E-state index in [1.165, 1.54) is 12.1 Å². The number of nitrogens with one attached hydrogen (secondary N) is 1. The van der Waals surface area contributed by atoms with Gasteiger partial charge in [-0.15, -0.1) is 6.42 Å². The highest BCUT2D eigenvalue weighted by molar-refractivity contribution is 6.05. The molecule has 1 aliphatic rings. The number of aromatic nitrogens is 5. The molecule has 138 valence electrons. The molecule has 0 atom stereocenters. The summed E-state index contributed by atoms with van der Waals surface area (Å²) in [6.45, 7) is 1.09. The quantitative estimate of drug-likeness (QED) is 0.546. The van der Waals surface area contributed by atoms with Gasteiger partial charge in [0, 0.05) is 31.7 Å². The van der Waals surface area contributed by atoms with Gasteiger partial charge in [-0.1, -0.05) is 5.92 Å². The summed E-state index contributed by atoms with van der Waals surface area (Å²) in [6, 6.07) is 4.48. The molecule has 1 aliphatic heterocycles. The van der Waals surface area contributed by atoms with E-state index in [1.54, 1.807) is 35.1 Å². The molecule has 4 aromatic rings. The molecule has 28 heavy (non-hydrogen) atoms. The minimum Gasteiger partial charge on any atom is -0.344 e. The Kier molecular flexibility index (Phi) is 3.46. The first-order valence-electron chi connectivity index (χ1n) is 8.77. The van der Waals surface area contributed by atoms with Crippen molar-refractivity contribution >= 4 is 28.0 Å². The molecule has 7 nitrogen and oxygen atoms in total. The molecule has 0 unspecified atom stereocenters. The van der Waals surface area contributed by atoms with Gasteiger partial charge in [0.2, 0.25) is 0 Å².